The Labute approximate surface area is 83.4 Å². The van der Waals surface area contributed by atoms with Crippen LogP contribution in [0.1, 0.15) is 19.8 Å². The van der Waals surface area contributed by atoms with Crippen LogP contribution in [-0.2, 0) is 0 Å². The largest absolute Gasteiger partial charge is 0.391 e. The van der Waals surface area contributed by atoms with E-state index >= 15 is 0 Å². The van der Waals surface area contributed by atoms with Gasteiger partial charge in [-0.15, -0.1) is 0 Å². The van der Waals surface area contributed by atoms with Gasteiger partial charge in [-0.1, -0.05) is 13.3 Å². The summed E-state index contributed by atoms with van der Waals surface area (Å²) in [6, 6.07) is 1.72. The normalized spacial score (nSPS) is 12.4. The molecule has 1 rings (SSSR count). The SMILES string of the molecule is CCCC(O)CNc1ccnc(N)n1. The van der Waals surface area contributed by atoms with E-state index in [0.717, 1.165) is 12.8 Å². The fourth-order valence-electron chi connectivity index (χ4n) is 1.13. The van der Waals surface area contributed by atoms with Crippen molar-refractivity contribution in [2.75, 3.05) is 17.6 Å². The van der Waals surface area contributed by atoms with Crippen LogP contribution in [-0.4, -0.2) is 27.7 Å². The first kappa shape index (κ1) is 10.7. The molecular formula is C9H16N4O. The first-order chi connectivity index (χ1) is 6.72. The zero-order valence-electron chi connectivity index (χ0n) is 8.27. The average molecular weight is 196 g/mol. The molecule has 5 heteroatoms. The second-order valence-electron chi connectivity index (χ2n) is 3.12. The summed E-state index contributed by atoms with van der Waals surface area (Å²) in [4.78, 5) is 7.72. The summed E-state index contributed by atoms with van der Waals surface area (Å²) in [5.74, 6) is 0.882. The predicted molar refractivity (Wildman–Crippen MR) is 55.8 cm³/mol. The Morgan fingerprint density at radius 2 is 2.43 bits per heavy atom. The average Bonchev–Trinajstić information content (AvgIpc) is 2.15. The van der Waals surface area contributed by atoms with Gasteiger partial charge in [-0.25, -0.2) is 4.98 Å². The smallest absolute Gasteiger partial charge is 0.221 e. The highest BCUT2D eigenvalue weighted by Gasteiger charge is 2.02. The molecule has 0 aromatic carbocycles. The van der Waals surface area contributed by atoms with Crippen molar-refractivity contribution in [3.63, 3.8) is 0 Å². The van der Waals surface area contributed by atoms with Crippen LogP contribution in [0.3, 0.4) is 0 Å². The fourth-order valence-corrected chi connectivity index (χ4v) is 1.13. The van der Waals surface area contributed by atoms with E-state index in [4.69, 9.17) is 5.73 Å². The van der Waals surface area contributed by atoms with Gasteiger partial charge in [0.05, 0.1) is 6.10 Å². The molecule has 1 aromatic heterocycles. The summed E-state index contributed by atoms with van der Waals surface area (Å²) in [7, 11) is 0. The highest BCUT2D eigenvalue weighted by Crippen LogP contribution is 2.03. The van der Waals surface area contributed by atoms with Gasteiger partial charge in [-0.2, -0.15) is 4.98 Å². The minimum atomic E-state index is -0.337. The number of aromatic nitrogens is 2. The lowest BCUT2D eigenvalue weighted by atomic mass is 10.2. The van der Waals surface area contributed by atoms with Crippen molar-refractivity contribution in [3.8, 4) is 0 Å². The van der Waals surface area contributed by atoms with Crippen molar-refractivity contribution in [3.05, 3.63) is 12.3 Å². The molecule has 0 saturated heterocycles. The third-order valence-corrected chi connectivity index (χ3v) is 1.81. The summed E-state index contributed by atoms with van der Waals surface area (Å²) >= 11 is 0. The molecule has 78 valence electrons. The molecule has 0 spiro atoms. The van der Waals surface area contributed by atoms with Crippen LogP contribution < -0.4 is 11.1 Å². The van der Waals surface area contributed by atoms with Crippen molar-refractivity contribution in [1.29, 1.82) is 0 Å². The topological polar surface area (TPSA) is 84.1 Å². The van der Waals surface area contributed by atoms with Gasteiger partial charge in [0, 0.05) is 12.7 Å². The molecule has 1 atom stereocenters. The number of rotatable bonds is 5. The molecule has 0 aliphatic carbocycles. The number of nitrogens with two attached hydrogens (primary N) is 1. The molecule has 0 bridgehead atoms. The third-order valence-electron chi connectivity index (χ3n) is 1.81. The van der Waals surface area contributed by atoms with Crippen LogP contribution in [0.5, 0.6) is 0 Å². The lowest BCUT2D eigenvalue weighted by Crippen LogP contribution is -2.19. The summed E-state index contributed by atoms with van der Waals surface area (Å²) in [6.45, 7) is 2.52. The minimum Gasteiger partial charge on any atom is -0.391 e. The van der Waals surface area contributed by atoms with Crippen LogP contribution in [0, 0.1) is 0 Å². The van der Waals surface area contributed by atoms with E-state index in [-0.39, 0.29) is 12.1 Å². The molecule has 1 heterocycles. The third kappa shape index (κ3) is 3.57. The number of hydrogen-bond acceptors (Lipinski definition) is 5. The second-order valence-corrected chi connectivity index (χ2v) is 3.12. The molecule has 0 aliphatic heterocycles. The molecule has 0 saturated carbocycles. The zero-order valence-corrected chi connectivity index (χ0v) is 8.27. The molecule has 5 nitrogen and oxygen atoms in total. The number of nitrogen functional groups attached to an aromatic ring is 1. The van der Waals surface area contributed by atoms with E-state index in [1.807, 2.05) is 6.92 Å². The number of hydrogen-bond donors (Lipinski definition) is 3. The minimum absolute atomic E-state index is 0.236. The summed E-state index contributed by atoms with van der Waals surface area (Å²) in [6.07, 6.45) is 3.00. The molecule has 1 aromatic rings. The van der Waals surface area contributed by atoms with E-state index in [9.17, 15) is 5.11 Å². The van der Waals surface area contributed by atoms with Gasteiger partial charge in [-0.3, -0.25) is 0 Å². The van der Waals surface area contributed by atoms with E-state index < -0.39 is 0 Å². The number of nitrogens with zero attached hydrogens (tertiary/aromatic N) is 2. The van der Waals surface area contributed by atoms with Gasteiger partial charge in [0.2, 0.25) is 5.95 Å². The summed E-state index contributed by atoms with van der Waals surface area (Å²) in [5, 5.41) is 12.4. The van der Waals surface area contributed by atoms with Crippen molar-refractivity contribution in [1.82, 2.24) is 9.97 Å². The Hall–Kier alpha value is -1.36. The Kier molecular flexibility index (Phi) is 4.12. The van der Waals surface area contributed by atoms with Crippen molar-refractivity contribution >= 4 is 11.8 Å². The monoisotopic (exact) mass is 196 g/mol. The maximum Gasteiger partial charge on any atom is 0.221 e. The lowest BCUT2D eigenvalue weighted by molar-refractivity contribution is 0.176. The van der Waals surface area contributed by atoms with Gasteiger partial charge >= 0.3 is 0 Å². The van der Waals surface area contributed by atoms with Gasteiger partial charge < -0.3 is 16.2 Å². The van der Waals surface area contributed by atoms with E-state index in [1.165, 1.54) is 0 Å². The highest BCUT2D eigenvalue weighted by atomic mass is 16.3. The maximum atomic E-state index is 9.44. The Balaban J connectivity index is 2.37. The first-order valence-electron chi connectivity index (χ1n) is 4.73. The second kappa shape index (κ2) is 5.39. The number of nitrogens with one attached hydrogen (secondary N) is 1. The van der Waals surface area contributed by atoms with E-state index in [1.54, 1.807) is 12.3 Å². The Morgan fingerprint density at radius 3 is 3.07 bits per heavy atom. The molecule has 0 fully saturated rings. The summed E-state index contributed by atoms with van der Waals surface area (Å²) < 4.78 is 0. The lowest BCUT2D eigenvalue weighted by Gasteiger charge is -2.10. The van der Waals surface area contributed by atoms with Crippen LogP contribution in [0.15, 0.2) is 12.3 Å². The molecule has 4 N–H and O–H groups in total. The number of aliphatic hydroxyl groups is 1. The molecular weight excluding hydrogens is 180 g/mol. The molecule has 0 aliphatic rings. The van der Waals surface area contributed by atoms with Crippen LogP contribution in [0.4, 0.5) is 11.8 Å². The van der Waals surface area contributed by atoms with E-state index in [2.05, 4.69) is 15.3 Å². The van der Waals surface area contributed by atoms with Crippen molar-refractivity contribution < 1.29 is 5.11 Å². The highest BCUT2D eigenvalue weighted by molar-refractivity contribution is 5.37. The number of aliphatic hydroxyl groups excluding tert-OH is 1. The van der Waals surface area contributed by atoms with Crippen molar-refractivity contribution in [2.45, 2.75) is 25.9 Å². The van der Waals surface area contributed by atoms with Gasteiger partial charge in [-0.05, 0) is 12.5 Å². The quantitative estimate of drug-likeness (QED) is 0.643. The molecule has 0 amide bonds. The van der Waals surface area contributed by atoms with Gasteiger partial charge in [0.15, 0.2) is 0 Å². The summed E-state index contributed by atoms with van der Waals surface area (Å²) in [5.41, 5.74) is 5.40. The predicted octanol–water partition coefficient (Wildman–Crippen LogP) is 0.632. The van der Waals surface area contributed by atoms with Crippen molar-refractivity contribution in [2.24, 2.45) is 0 Å². The van der Waals surface area contributed by atoms with Crippen LogP contribution >= 0.6 is 0 Å². The van der Waals surface area contributed by atoms with Crippen LogP contribution in [0.25, 0.3) is 0 Å². The fraction of sp³-hybridized carbons (Fsp3) is 0.556. The van der Waals surface area contributed by atoms with Crippen LogP contribution in [0.2, 0.25) is 0 Å². The first-order valence-corrected chi connectivity index (χ1v) is 4.73. The molecule has 1 unspecified atom stereocenters. The van der Waals surface area contributed by atoms with Gasteiger partial charge in [0.25, 0.3) is 0 Å². The van der Waals surface area contributed by atoms with Gasteiger partial charge in [0.1, 0.15) is 5.82 Å². The number of anilines is 2. The maximum absolute atomic E-state index is 9.44. The molecule has 14 heavy (non-hydrogen) atoms. The standard InChI is InChI=1S/C9H16N4O/c1-2-3-7(14)6-12-8-4-5-11-9(10)13-8/h4-5,7,14H,2-3,6H2,1H3,(H3,10,11,12,13). The zero-order chi connectivity index (χ0) is 10.4. The Morgan fingerprint density at radius 1 is 1.64 bits per heavy atom. The molecule has 0 radical (unpaired) electrons. The Bertz CT molecular complexity index is 279. The van der Waals surface area contributed by atoms with E-state index in [0.29, 0.717) is 12.4 Å².